The van der Waals surface area contributed by atoms with Gasteiger partial charge in [-0.2, -0.15) is 0 Å². The van der Waals surface area contributed by atoms with Gasteiger partial charge in [-0.15, -0.1) is 0 Å². The molecule has 0 bridgehead atoms. The van der Waals surface area contributed by atoms with Crippen molar-refractivity contribution in [2.45, 2.75) is 18.5 Å². The highest BCUT2D eigenvalue weighted by molar-refractivity contribution is 5.89. The molecular weight excluding hydrogens is 336 g/mol. The predicted molar refractivity (Wildman–Crippen MR) is 91.9 cm³/mol. The van der Waals surface area contributed by atoms with Gasteiger partial charge in [-0.3, -0.25) is 4.79 Å². The van der Waals surface area contributed by atoms with Crippen LogP contribution in [0.15, 0.2) is 73.0 Å². The van der Waals surface area contributed by atoms with Gasteiger partial charge in [0.15, 0.2) is 12.4 Å². The molecule has 1 heterocycles. The minimum absolute atomic E-state index is 0.167. The van der Waals surface area contributed by atoms with Crippen molar-refractivity contribution in [3.8, 4) is 0 Å². The number of hydrogen-bond acceptors (Lipinski definition) is 6. The molecule has 3 rings (SSSR count). The Hall–Kier alpha value is -2.96. The highest BCUT2D eigenvalue weighted by Crippen LogP contribution is 2.28. The summed E-state index contributed by atoms with van der Waals surface area (Å²) in [6, 6.07) is 18.0. The van der Waals surface area contributed by atoms with E-state index >= 15 is 0 Å². The topological polar surface area (TPSA) is 71.1 Å². The Bertz CT molecular complexity index is 743. The highest BCUT2D eigenvalue weighted by Gasteiger charge is 2.32. The number of benzene rings is 2. The van der Waals surface area contributed by atoms with Gasteiger partial charge < -0.3 is 18.9 Å². The first-order valence-electron chi connectivity index (χ1n) is 8.12. The van der Waals surface area contributed by atoms with Crippen LogP contribution in [-0.2, 0) is 23.7 Å². The molecule has 26 heavy (non-hydrogen) atoms. The van der Waals surface area contributed by atoms with E-state index in [9.17, 15) is 9.59 Å². The first-order valence-corrected chi connectivity index (χ1v) is 8.12. The fraction of sp³-hybridized carbons (Fsp3) is 0.200. The second kappa shape index (κ2) is 8.94. The van der Waals surface area contributed by atoms with Gasteiger partial charge in [-0.1, -0.05) is 48.5 Å². The van der Waals surface area contributed by atoms with E-state index in [0.717, 1.165) is 5.56 Å². The summed E-state index contributed by atoms with van der Waals surface area (Å²) in [7, 11) is 0. The van der Waals surface area contributed by atoms with E-state index in [1.165, 1.54) is 12.3 Å². The van der Waals surface area contributed by atoms with E-state index in [1.54, 1.807) is 24.3 Å². The highest BCUT2D eigenvalue weighted by atomic mass is 16.7. The standard InChI is InChI=1S/C20H18O6/c21-14-25-18-13-24-20(16-9-5-2-6-10-16)26-17(18)11-12-23-19(22)15-7-3-1-4-8-15/h1-12,14,17-18,20H,13H2/b12-11+/t17-,18-,20+/m1/s1. The maximum absolute atomic E-state index is 12.0. The molecule has 0 spiro atoms. The van der Waals surface area contributed by atoms with E-state index in [4.69, 9.17) is 18.9 Å². The molecule has 6 heteroatoms. The van der Waals surface area contributed by atoms with Crippen molar-refractivity contribution in [1.29, 1.82) is 0 Å². The summed E-state index contributed by atoms with van der Waals surface area (Å²) in [5.41, 5.74) is 1.28. The van der Waals surface area contributed by atoms with Crippen molar-refractivity contribution in [2.75, 3.05) is 6.61 Å². The van der Waals surface area contributed by atoms with Gasteiger partial charge in [0, 0.05) is 5.56 Å². The maximum Gasteiger partial charge on any atom is 0.342 e. The second-order valence-electron chi connectivity index (χ2n) is 5.55. The Labute approximate surface area is 150 Å². The molecule has 134 valence electrons. The van der Waals surface area contributed by atoms with Crippen LogP contribution in [0.2, 0.25) is 0 Å². The van der Waals surface area contributed by atoms with Crippen LogP contribution in [0.1, 0.15) is 22.2 Å². The van der Waals surface area contributed by atoms with Gasteiger partial charge in [0.1, 0.15) is 6.10 Å². The minimum atomic E-state index is -0.626. The summed E-state index contributed by atoms with van der Waals surface area (Å²) >= 11 is 0. The summed E-state index contributed by atoms with van der Waals surface area (Å²) in [5.74, 6) is -0.485. The van der Waals surface area contributed by atoms with Crippen molar-refractivity contribution in [1.82, 2.24) is 0 Å². The normalized spacial score (nSPS) is 22.7. The average Bonchev–Trinajstić information content (AvgIpc) is 2.70. The average molecular weight is 354 g/mol. The molecule has 0 aliphatic carbocycles. The van der Waals surface area contributed by atoms with Crippen LogP contribution in [0.25, 0.3) is 0 Å². The van der Waals surface area contributed by atoms with Crippen LogP contribution in [0.5, 0.6) is 0 Å². The number of esters is 1. The number of carbonyl (C=O) groups excluding carboxylic acids is 2. The fourth-order valence-corrected chi connectivity index (χ4v) is 2.51. The zero-order chi connectivity index (χ0) is 18.2. The lowest BCUT2D eigenvalue weighted by atomic mass is 10.1. The van der Waals surface area contributed by atoms with Crippen LogP contribution in [0, 0.1) is 0 Å². The lowest BCUT2D eigenvalue weighted by molar-refractivity contribution is -0.247. The number of carbonyl (C=O) groups is 2. The van der Waals surface area contributed by atoms with E-state index in [1.807, 2.05) is 36.4 Å². The summed E-state index contributed by atoms with van der Waals surface area (Å²) in [4.78, 5) is 22.6. The molecule has 1 saturated heterocycles. The SMILES string of the molecule is O=CO[C@@H]1CO[C@H](c2ccccc2)O[C@@H]1/C=C/OC(=O)c1ccccc1. The van der Waals surface area contributed by atoms with Crippen molar-refractivity contribution in [2.24, 2.45) is 0 Å². The van der Waals surface area contributed by atoms with Gasteiger partial charge in [0.05, 0.1) is 18.4 Å². The van der Waals surface area contributed by atoms with Gasteiger partial charge in [-0.05, 0) is 18.2 Å². The van der Waals surface area contributed by atoms with Gasteiger partial charge in [0.2, 0.25) is 0 Å². The molecule has 0 amide bonds. The summed E-state index contributed by atoms with van der Waals surface area (Å²) in [5, 5.41) is 0. The Morgan fingerprint density at radius 3 is 2.42 bits per heavy atom. The summed E-state index contributed by atoms with van der Waals surface area (Å²) < 4.78 is 21.6. The molecule has 2 aromatic rings. The molecule has 2 aromatic carbocycles. The Balaban J connectivity index is 1.65. The molecule has 0 saturated carbocycles. The first kappa shape index (κ1) is 17.8. The van der Waals surface area contributed by atoms with E-state index in [-0.39, 0.29) is 6.61 Å². The molecule has 1 aliphatic heterocycles. The smallest absolute Gasteiger partial charge is 0.342 e. The third kappa shape index (κ3) is 4.56. The van der Waals surface area contributed by atoms with Crippen molar-refractivity contribution in [3.05, 3.63) is 84.1 Å². The fourth-order valence-electron chi connectivity index (χ4n) is 2.51. The molecule has 0 radical (unpaired) electrons. The summed E-state index contributed by atoms with van der Waals surface area (Å²) in [6.45, 7) is 0.511. The molecule has 6 nitrogen and oxygen atoms in total. The molecule has 0 unspecified atom stereocenters. The lowest BCUT2D eigenvalue weighted by Gasteiger charge is -2.33. The third-order valence-corrected chi connectivity index (χ3v) is 3.81. The largest absolute Gasteiger partial charge is 0.459 e. The van der Waals surface area contributed by atoms with Gasteiger partial charge in [-0.25, -0.2) is 4.79 Å². The Kier molecular flexibility index (Phi) is 6.14. The van der Waals surface area contributed by atoms with Crippen LogP contribution in [0.4, 0.5) is 0 Å². The molecule has 1 fully saturated rings. The monoisotopic (exact) mass is 354 g/mol. The Morgan fingerprint density at radius 2 is 1.73 bits per heavy atom. The molecule has 0 aromatic heterocycles. The first-order chi connectivity index (χ1) is 12.8. The van der Waals surface area contributed by atoms with E-state index < -0.39 is 24.5 Å². The molecule has 0 N–H and O–H groups in total. The predicted octanol–water partition coefficient (Wildman–Crippen LogP) is 3.01. The summed E-state index contributed by atoms with van der Waals surface area (Å²) in [6.07, 6.45) is 0.950. The van der Waals surface area contributed by atoms with Crippen molar-refractivity contribution in [3.63, 3.8) is 0 Å². The van der Waals surface area contributed by atoms with Crippen LogP contribution < -0.4 is 0 Å². The van der Waals surface area contributed by atoms with Gasteiger partial charge >= 0.3 is 5.97 Å². The second-order valence-corrected chi connectivity index (χ2v) is 5.55. The molecular formula is C20H18O6. The van der Waals surface area contributed by atoms with Crippen molar-refractivity contribution < 1.29 is 28.5 Å². The third-order valence-electron chi connectivity index (χ3n) is 3.81. The van der Waals surface area contributed by atoms with Gasteiger partial charge in [0.25, 0.3) is 6.47 Å². The zero-order valence-electron chi connectivity index (χ0n) is 13.9. The molecule has 3 atom stereocenters. The lowest BCUT2D eigenvalue weighted by Crippen LogP contribution is -2.41. The maximum atomic E-state index is 12.0. The number of ether oxygens (including phenoxy) is 4. The van der Waals surface area contributed by atoms with E-state index in [0.29, 0.717) is 12.0 Å². The molecule has 1 aliphatic rings. The van der Waals surface area contributed by atoms with Crippen LogP contribution in [-0.4, -0.2) is 31.3 Å². The van der Waals surface area contributed by atoms with Crippen LogP contribution >= 0.6 is 0 Å². The number of hydrogen-bond donors (Lipinski definition) is 0. The van der Waals surface area contributed by atoms with Crippen LogP contribution in [0.3, 0.4) is 0 Å². The van der Waals surface area contributed by atoms with E-state index in [2.05, 4.69) is 0 Å². The quantitative estimate of drug-likeness (QED) is 0.451. The minimum Gasteiger partial charge on any atom is -0.459 e. The number of rotatable bonds is 6. The zero-order valence-corrected chi connectivity index (χ0v) is 13.9. The van der Waals surface area contributed by atoms with Crippen molar-refractivity contribution >= 4 is 12.4 Å². The Morgan fingerprint density at radius 1 is 1.04 bits per heavy atom.